The first-order chi connectivity index (χ1) is 11.2. The van der Waals surface area contributed by atoms with Crippen LogP contribution in [0.15, 0.2) is 16.6 Å². The molecule has 0 saturated carbocycles. The van der Waals surface area contributed by atoms with Gasteiger partial charge in [-0.1, -0.05) is 11.6 Å². The Hall–Kier alpha value is -1.76. The summed E-state index contributed by atoms with van der Waals surface area (Å²) in [5.41, 5.74) is 1.45. The summed E-state index contributed by atoms with van der Waals surface area (Å²) in [5.74, 6) is 0.828. The molecule has 0 aromatic heterocycles. The topological polar surface area (TPSA) is 75.2 Å². The van der Waals surface area contributed by atoms with Gasteiger partial charge in [-0.3, -0.25) is 4.99 Å². The Morgan fingerprint density at radius 1 is 1.48 bits per heavy atom. The van der Waals surface area contributed by atoms with Crippen molar-refractivity contribution in [3.05, 3.63) is 11.6 Å². The summed E-state index contributed by atoms with van der Waals surface area (Å²) < 4.78 is 10.1. The van der Waals surface area contributed by atoms with E-state index in [4.69, 9.17) is 9.47 Å². The molecule has 0 aromatic carbocycles. The van der Waals surface area contributed by atoms with Gasteiger partial charge in [0.1, 0.15) is 0 Å². The fourth-order valence-electron chi connectivity index (χ4n) is 2.86. The fourth-order valence-corrected chi connectivity index (χ4v) is 2.86. The van der Waals surface area contributed by atoms with Crippen molar-refractivity contribution in [2.75, 3.05) is 47.0 Å². The average Bonchev–Trinajstić information content (AvgIpc) is 2.61. The maximum atomic E-state index is 11.5. The molecular formula is C16H28N4O3. The van der Waals surface area contributed by atoms with Crippen LogP contribution >= 0.6 is 0 Å². The van der Waals surface area contributed by atoms with E-state index in [0.29, 0.717) is 19.1 Å². The summed E-state index contributed by atoms with van der Waals surface area (Å²) in [6.07, 6.45) is 5.78. The van der Waals surface area contributed by atoms with Gasteiger partial charge in [0.2, 0.25) is 0 Å². The third kappa shape index (κ3) is 5.74. The highest BCUT2D eigenvalue weighted by atomic mass is 16.5. The Labute approximate surface area is 138 Å². The minimum absolute atomic E-state index is 0.240. The number of likely N-dealkylation sites (tertiary alicyclic amines) is 1. The number of nitrogens with one attached hydrogen (secondary N) is 2. The Bertz CT molecular complexity index is 443. The molecule has 0 atom stereocenters. The average molecular weight is 324 g/mol. The maximum Gasteiger partial charge on any atom is 0.409 e. The van der Waals surface area contributed by atoms with Crippen LogP contribution in [-0.4, -0.2) is 70.0 Å². The normalized spacial score (nSPS) is 20.0. The van der Waals surface area contributed by atoms with Gasteiger partial charge in [0, 0.05) is 32.7 Å². The van der Waals surface area contributed by atoms with Gasteiger partial charge < -0.3 is 25.0 Å². The van der Waals surface area contributed by atoms with Gasteiger partial charge >= 0.3 is 6.09 Å². The van der Waals surface area contributed by atoms with E-state index < -0.39 is 0 Å². The third-order valence-corrected chi connectivity index (χ3v) is 4.29. The van der Waals surface area contributed by atoms with Crippen LogP contribution in [0.3, 0.4) is 0 Å². The number of carbonyl (C=O) groups is 1. The zero-order valence-corrected chi connectivity index (χ0v) is 14.1. The number of hydrogen-bond acceptors (Lipinski definition) is 4. The van der Waals surface area contributed by atoms with Crippen LogP contribution in [0.5, 0.6) is 0 Å². The number of hydrogen-bond donors (Lipinski definition) is 2. The Morgan fingerprint density at radius 2 is 2.26 bits per heavy atom. The van der Waals surface area contributed by atoms with Crippen molar-refractivity contribution >= 4 is 12.1 Å². The second-order valence-corrected chi connectivity index (χ2v) is 5.81. The number of amides is 1. The number of piperidine rings is 1. The molecule has 7 nitrogen and oxygen atoms in total. The summed E-state index contributed by atoms with van der Waals surface area (Å²) in [7, 11) is 3.21. The lowest BCUT2D eigenvalue weighted by molar-refractivity contribution is 0.111. The highest BCUT2D eigenvalue weighted by molar-refractivity contribution is 5.80. The van der Waals surface area contributed by atoms with E-state index in [0.717, 1.165) is 51.4 Å². The van der Waals surface area contributed by atoms with Crippen molar-refractivity contribution in [1.29, 1.82) is 0 Å². The van der Waals surface area contributed by atoms with Crippen LogP contribution in [0.1, 0.15) is 25.7 Å². The highest BCUT2D eigenvalue weighted by Crippen LogP contribution is 2.12. The van der Waals surface area contributed by atoms with E-state index in [9.17, 15) is 4.79 Å². The molecule has 1 saturated heterocycles. The number of ether oxygens (including phenoxy) is 2. The zero-order chi connectivity index (χ0) is 16.5. The Morgan fingerprint density at radius 3 is 2.87 bits per heavy atom. The molecule has 2 rings (SSSR count). The fraction of sp³-hybridized carbons (Fsp3) is 0.750. The van der Waals surface area contributed by atoms with Crippen molar-refractivity contribution < 1.29 is 14.3 Å². The third-order valence-electron chi connectivity index (χ3n) is 4.29. The molecule has 0 bridgehead atoms. The first-order valence-corrected chi connectivity index (χ1v) is 8.28. The first-order valence-electron chi connectivity index (χ1n) is 8.28. The molecule has 7 heteroatoms. The van der Waals surface area contributed by atoms with Crippen LogP contribution < -0.4 is 10.6 Å². The van der Waals surface area contributed by atoms with Gasteiger partial charge in [-0.25, -0.2) is 4.79 Å². The lowest BCUT2D eigenvalue weighted by Crippen LogP contribution is -2.49. The van der Waals surface area contributed by atoms with Crippen molar-refractivity contribution in [1.82, 2.24) is 15.5 Å². The quantitative estimate of drug-likeness (QED) is 0.460. The van der Waals surface area contributed by atoms with Gasteiger partial charge in [0.25, 0.3) is 0 Å². The van der Waals surface area contributed by atoms with Crippen LogP contribution in [0.25, 0.3) is 0 Å². The van der Waals surface area contributed by atoms with Crippen LogP contribution in [-0.2, 0) is 9.47 Å². The van der Waals surface area contributed by atoms with Gasteiger partial charge in [0.05, 0.1) is 20.3 Å². The molecule has 2 aliphatic heterocycles. The van der Waals surface area contributed by atoms with Crippen LogP contribution in [0, 0.1) is 0 Å². The number of carbonyl (C=O) groups excluding carboxylic acids is 1. The predicted octanol–water partition coefficient (Wildman–Crippen LogP) is 1.12. The minimum atomic E-state index is -0.240. The molecule has 2 aliphatic rings. The predicted molar refractivity (Wildman–Crippen MR) is 89.6 cm³/mol. The van der Waals surface area contributed by atoms with Crippen LogP contribution in [0.2, 0.25) is 0 Å². The van der Waals surface area contributed by atoms with E-state index in [-0.39, 0.29) is 6.09 Å². The summed E-state index contributed by atoms with van der Waals surface area (Å²) in [5, 5.41) is 6.80. The highest BCUT2D eigenvalue weighted by Gasteiger charge is 2.23. The number of methoxy groups -OCH3 is 1. The monoisotopic (exact) mass is 324 g/mol. The molecule has 1 amide bonds. The Balaban J connectivity index is 1.67. The molecular weight excluding hydrogens is 296 g/mol. The van der Waals surface area contributed by atoms with E-state index in [1.807, 2.05) is 0 Å². The summed E-state index contributed by atoms with van der Waals surface area (Å²) in [6.45, 7) is 3.87. The maximum absolute atomic E-state index is 11.5. The molecule has 0 aromatic rings. The smallest absolute Gasteiger partial charge is 0.409 e. The lowest BCUT2D eigenvalue weighted by Gasteiger charge is -2.32. The molecule has 2 N–H and O–H groups in total. The molecule has 1 fully saturated rings. The van der Waals surface area contributed by atoms with E-state index in [1.165, 1.54) is 12.7 Å². The summed E-state index contributed by atoms with van der Waals surface area (Å²) in [4.78, 5) is 17.5. The molecule has 0 radical (unpaired) electrons. The van der Waals surface area contributed by atoms with Crippen LogP contribution in [0.4, 0.5) is 4.79 Å². The number of guanidine groups is 1. The van der Waals surface area contributed by atoms with E-state index >= 15 is 0 Å². The number of nitrogens with zero attached hydrogens (tertiary/aromatic N) is 2. The number of aliphatic imine (C=N–C) groups is 1. The standard InChI is InChI=1S/C16H28N4O3/c1-17-15(18-8-3-13-6-11-23-12-7-13)19-14-4-9-20(10-5-14)16(21)22-2/h6,14H,3-5,7-12H2,1-2H3,(H2,17,18,19). The second-order valence-electron chi connectivity index (χ2n) is 5.81. The van der Waals surface area contributed by atoms with E-state index in [1.54, 1.807) is 11.9 Å². The summed E-state index contributed by atoms with van der Waals surface area (Å²) in [6, 6.07) is 0.337. The Kier molecular flexibility index (Phi) is 7.19. The molecule has 2 heterocycles. The van der Waals surface area contributed by atoms with Gasteiger partial charge in [-0.15, -0.1) is 0 Å². The lowest BCUT2D eigenvalue weighted by atomic mass is 10.1. The van der Waals surface area contributed by atoms with Crippen molar-refractivity contribution in [2.45, 2.75) is 31.7 Å². The van der Waals surface area contributed by atoms with Crippen molar-refractivity contribution in [3.63, 3.8) is 0 Å². The molecule has 0 spiro atoms. The molecule has 23 heavy (non-hydrogen) atoms. The summed E-state index contributed by atoms with van der Waals surface area (Å²) >= 11 is 0. The first kappa shape index (κ1) is 17.6. The van der Waals surface area contributed by atoms with Gasteiger partial charge in [0.15, 0.2) is 5.96 Å². The van der Waals surface area contributed by atoms with Gasteiger partial charge in [-0.05, 0) is 25.7 Å². The van der Waals surface area contributed by atoms with E-state index in [2.05, 4.69) is 21.7 Å². The van der Waals surface area contributed by atoms with Gasteiger partial charge in [-0.2, -0.15) is 0 Å². The second kappa shape index (κ2) is 9.39. The largest absolute Gasteiger partial charge is 0.453 e. The molecule has 0 aliphatic carbocycles. The number of rotatable bonds is 4. The van der Waals surface area contributed by atoms with Crippen molar-refractivity contribution in [3.8, 4) is 0 Å². The zero-order valence-electron chi connectivity index (χ0n) is 14.1. The minimum Gasteiger partial charge on any atom is -0.453 e. The van der Waals surface area contributed by atoms with Crippen molar-refractivity contribution in [2.24, 2.45) is 4.99 Å². The molecule has 0 unspecified atom stereocenters. The molecule has 130 valence electrons. The SMILES string of the molecule is CN=C(NCCC1=CCOCC1)NC1CCN(C(=O)OC)CC1.